The highest BCUT2D eigenvalue weighted by atomic mass is 32.2. The fourth-order valence-electron chi connectivity index (χ4n) is 3.04. The number of benzene rings is 1. The van der Waals surface area contributed by atoms with Crippen LogP contribution in [-0.4, -0.2) is 56.1 Å². The van der Waals surface area contributed by atoms with Gasteiger partial charge in [-0.15, -0.1) is 11.8 Å². The summed E-state index contributed by atoms with van der Waals surface area (Å²) in [7, 11) is 1.80. The summed E-state index contributed by atoms with van der Waals surface area (Å²) in [6.07, 6.45) is 1.85. The van der Waals surface area contributed by atoms with Gasteiger partial charge in [0.1, 0.15) is 5.82 Å². The number of morpholine rings is 1. The molecule has 6 nitrogen and oxygen atoms in total. The summed E-state index contributed by atoms with van der Waals surface area (Å²) in [5.74, 6) is 1.83. The van der Waals surface area contributed by atoms with E-state index in [1.807, 2.05) is 30.1 Å². The molecule has 1 saturated heterocycles. The van der Waals surface area contributed by atoms with Gasteiger partial charge in [0.15, 0.2) is 5.96 Å². The van der Waals surface area contributed by atoms with Crippen molar-refractivity contribution >= 4 is 23.5 Å². The van der Waals surface area contributed by atoms with E-state index in [4.69, 9.17) is 4.74 Å². The van der Waals surface area contributed by atoms with Gasteiger partial charge in [-0.1, -0.05) is 31.2 Å². The normalized spacial score (nSPS) is 15.9. The van der Waals surface area contributed by atoms with Crippen molar-refractivity contribution in [1.82, 2.24) is 15.6 Å². The fourth-order valence-corrected chi connectivity index (χ4v) is 3.99. The van der Waals surface area contributed by atoms with Crippen molar-refractivity contribution in [3.05, 3.63) is 54.2 Å². The van der Waals surface area contributed by atoms with Crippen molar-refractivity contribution in [1.29, 1.82) is 0 Å². The first-order chi connectivity index (χ1) is 13.8. The number of nitrogens with one attached hydrogen (secondary N) is 2. The second-order valence-electron chi connectivity index (χ2n) is 6.63. The molecule has 1 atom stereocenters. The minimum Gasteiger partial charge on any atom is -0.378 e. The van der Waals surface area contributed by atoms with Crippen LogP contribution in [0.2, 0.25) is 0 Å². The monoisotopic (exact) mass is 399 g/mol. The summed E-state index contributed by atoms with van der Waals surface area (Å²) in [6, 6.07) is 14.6. The van der Waals surface area contributed by atoms with E-state index < -0.39 is 0 Å². The molecule has 1 aliphatic heterocycles. The number of rotatable bonds is 7. The van der Waals surface area contributed by atoms with Crippen molar-refractivity contribution in [3.63, 3.8) is 0 Å². The number of pyridine rings is 1. The number of aliphatic imine (C=N–C) groups is 1. The van der Waals surface area contributed by atoms with Gasteiger partial charge in [0.25, 0.3) is 0 Å². The molecule has 0 bridgehead atoms. The van der Waals surface area contributed by atoms with Crippen LogP contribution in [0.4, 0.5) is 5.82 Å². The molecule has 0 amide bonds. The zero-order valence-electron chi connectivity index (χ0n) is 16.6. The van der Waals surface area contributed by atoms with Crippen LogP contribution in [0.25, 0.3) is 0 Å². The minimum absolute atomic E-state index is 0.434. The maximum absolute atomic E-state index is 5.46. The lowest BCUT2D eigenvalue weighted by Gasteiger charge is -2.29. The molecule has 7 heteroatoms. The van der Waals surface area contributed by atoms with Crippen molar-refractivity contribution in [2.24, 2.45) is 4.99 Å². The third kappa shape index (κ3) is 6.14. The molecule has 0 saturated carbocycles. The highest BCUT2D eigenvalue weighted by Gasteiger charge is 2.16. The number of anilines is 1. The van der Waals surface area contributed by atoms with Gasteiger partial charge >= 0.3 is 0 Å². The average Bonchev–Trinajstić information content (AvgIpc) is 2.75. The van der Waals surface area contributed by atoms with Crippen LogP contribution in [0.3, 0.4) is 0 Å². The number of hydrogen-bond donors (Lipinski definition) is 2. The lowest BCUT2D eigenvalue weighted by Crippen LogP contribution is -2.41. The second-order valence-corrected chi connectivity index (χ2v) is 8.15. The molecule has 28 heavy (non-hydrogen) atoms. The standard InChI is InChI=1S/C21H29N5OS/c1-17(28-19-8-4-3-5-9-19)15-24-21(22-2)25-16-18-7-6-10-23-20(18)26-11-13-27-14-12-26/h3-10,17H,11-16H2,1-2H3,(H2,22,24,25). The minimum atomic E-state index is 0.434. The van der Waals surface area contributed by atoms with Gasteiger partial charge in [-0.25, -0.2) is 4.98 Å². The molecular formula is C21H29N5OS. The molecule has 0 radical (unpaired) electrons. The summed E-state index contributed by atoms with van der Waals surface area (Å²) in [5, 5.41) is 7.27. The van der Waals surface area contributed by atoms with Gasteiger partial charge in [-0.2, -0.15) is 0 Å². The van der Waals surface area contributed by atoms with Gasteiger partial charge in [0, 0.05) is 55.1 Å². The van der Waals surface area contributed by atoms with E-state index in [2.05, 4.69) is 62.8 Å². The van der Waals surface area contributed by atoms with Gasteiger partial charge in [0.2, 0.25) is 0 Å². The highest BCUT2D eigenvalue weighted by Crippen LogP contribution is 2.22. The highest BCUT2D eigenvalue weighted by molar-refractivity contribution is 8.00. The maximum atomic E-state index is 5.46. The van der Waals surface area contributed by atoms with Crippen LogP contribution in [0.5, 0.6) is 0 Å². The van der Waals surface area contributed by atoms with Gasteiger partial charge in [0.05, 0.1) is 13.2 Å². The lowest BCUT2D eigenvalue weighted by molar-refractivity contribution is 0.122. The fraction of sp³-hybridized carbons (Fsp3) is 0.429. The Kier molecular flexibility index (Phi) is 7.99. The van der Waals surface area contributed by atoms with Gasteiger partial charge < -0.3 is 20.3 Å². The Labute approximate surface area is 171 Å². The zero-order valence-corrected chi connectivity index (χ0v) is 17.4. The number of guanidine groups is 1. The summed E-state index contributed by atoms with van der Waals surface area (Å²) < 4.78 is 5.46. The Morgan fingerprint density at radius 2 is 1.96 bits per heavy atom. The van der Waals surface area contributed by atoms with E-state index >= 15 is 0 Å². The molecule has 1 fully saturated rings. The molecule has 1 aliphatic rings. The first kappa shape index (κ1) is 20.5. The van der Waals surface area contributed by atoms with Crippen LogP contribution in [-0.2, 0) is 11.3 Å². The average molecular weight is 400 g/mol. The van der Waals surface area contributed by atoms with Crippen molar-refractivity contribution in [2.75, 3.05) is 44.8 Å². The van der Waals surface area contributed by atoms with Crippen molar-refractivity contribution in [3.8, 4) is 0 Å². The Hall–Kier alpha value is -2.25. The SMILES string of the molecule is CN=C(NCc1cccnc1N1CCOCC1)NCC(C)Sc1ccccc1. The number of thioether (sulfide) groups is 1. The first-order valence-corrected chi connectivity index (χ1v) is 10.6. The van der Waals surface area contributed by atoms with Crippen LogP contribution < -0.4 is 15.5 Å². The summed E-state index contributed by atoms with van der Waals surface area (Å²) in [6.45, 7) is 7.00. The predicted molar refractivity (Wildman–Crippen MR) is 117 cm³/mol. The van der Waals surface area contributed by atoms with E-state index in [9.17, 15) is 0 Å². The molecule has 3 rings (SSSR count). The Bertz CT molecular complexity index is 749. The Balaban J connectivity index is 1.50. The zero-order chi connectivity index (χ0) is 19.6. The number of aromatic nitrogens is 1. The number of nitrogens with zero attached hydrogens (tertiary/aromatic N) is 3. The molecular weight excluding hydrogens is 370 g/mol. The summed E-state index contributed by atoms with van der Waals surface area (Å²) in [4.78, 5) is 12.5. The molecule has 1 aromatic carbocycles. The summed E-state index contributed by atoms with van der Waals surface area (Å²) >= 11 is 1.86. The molecule has 1 unspecified atom stereocenters. The smallest absolute Gasteiger partial charge is 0.191 e. The maximum Gasteiger partial charge on any atom is 0.191 e. The third-order valence-corrected chi connectivity index (χ3v) is 5.60. The van der Waals surface area contributed by atoms with Crippen molar-refractivity contribution < 1.29 is 4.74 Å². The number of ether oxygens (including phenoxy) is 1. The second kappa shape index (κ2) is 10.9. The van der Waals surface area contributed by atoms with Crippen LogP contribution >= 0.6 is 11.8 Å². The van der Waals surface area contributed by atoms with Gasteiger partial charge in [-0.3, -0.25) is 4.99 Å². The molecule has 0 spiro atoms. The topological polar surface area (TPSA) is 61.8 Å². The van der Waals surface area contributed by atoms with E-state index in [0.717, 1.165) is 44.6 Å². The predicted octanol–water partition coefficient (Wildman–Crippen LogP) is 2.76. The summed E-state index contributed by atoms with van der Waals surface area (Å²) in [5.41, 5.74) is 1.17. The Morgan fingerprint density at radius 3 is 2.71 bits per heavy atom. The van der Waals surface area contributed by atoms with E-state index in [-0.39, 0.29) is 0 Å². The van der Waals surface area contributed by atoms with Crippen LogP contribution in [0.15, 0.2) is 58.5 Å². The molecule has 2 heterocycles. The molecule has 2 aromatic rings. The van der Waals surface area contributed by atoms with Gasteiger partial charge in [-0.05, 0) is 18.2 Å². The largest absolute Gasteiger partial charge is 0.378 e. The van der Waals surface area contributed by atoms with Crippen molar-refractivity contribution in [2.45, 2.75) is 23.6 Å². The van der Waals surface area contributed by atoms with E-state index in [1.54, 1.807) is 7.05 Å². The van der Waals surface area contributed by atoms with E-state index in [0.29, 0.717) is 11.8 Å². The van der Waals surface area contributed by atoms with Crippen LogP contribution in [0, 0.1) is 0 Å². The molecule has 2 N–H and O–H groups in total. The quantitative estimate of drug-likeness (QED) is 0.424. The lowest BCUT2D eigenvalue weighted by atomic mass is 10.2. The van der Waals surface area contributed by atoms with E-state index in [1.165, 1.54) is 10.5 Å². The number of hydrogen-bond acceptors (Lipinski definition) is 5. The Morgan fingerprint density at radius 1 is 1.18 bits per heavy atom. The molecule has 1 aromatic heterocycles. The molecule has 0 aliphatic carbocycles. The third-order valence-electron chi connectivity index (χ3n) is 4.49. The molecule has 150 valence electrons. The van der Waals surface area contributed by atoms with Crippen LogP contribution in [0.1, 0.15) is 12.5 Å². The first-order valence-electron chi connectivity index (χ1n) is 9.69.